The second kappa shape index (κ2) is 6.95. The second-order valence-corrected chi connectivity index (χ2v) is 6.83. The van der Waals surface area contributed by atoms with Crippen molar-refractivity contribution in [3.05, 3.63) is 68.7 Å². The number of rotatable bonds is 5. The number of nitro benzene ring substituents is 1. The fourth-order valence-corrected chi connectivity index (χ4v) is 2.91. The molecule has 0 saturated heterocycles. The van der Waals surface area contributed by atoms with Gasteiger partial charge in [0, 0.05) is 11.6 Å². The SMILES string of the molecule is Cc1ccccc1C(=O)NNS(=O)(=O)c1ccc(Cl)c([N+](=O)[O-])c1. The summed E-state index contributed by atoms with van der Waals surface area (Å²) in [6.07, 6.45) is 0. The third-order valence-corrected chi connectivity index (χ3v) is 4.68. The minimum atomic E-state index is -4.19. The number of hydrogen-bond acceptors (Lipinski definition) is 5. The number of aryl methyl sites for hydroxylation is 1. The van der Waals surface area contributed by atoms with E-state index < -0.39 is 31.4 Å². The maximum absolute atomic E-state index is 12.1. The molecule has 0 radical (unpaired) electrons. The van der Waals surface area contributed by atoms with Crippen LogP contribution in [0.1, 0.15) is 15.9 Å². The first-order chi connectivity index (χ1) is 11.2. The van der Waals surface area contributed by atoms with Gasteiger partial charge in [0.25, 0.3) is 21.6 Å². The van der Waals surface area contributed by atoms with E-state index in [1.807, 2.05) is 4.83 Å². The van der Waals surface area contributed by atoms with Gasteiger partial charge in [0.1, 0.15) is 5.02 Å². The molecule has 0 aliphatic rings. The summed E-state index contributed by atoms with van der Waals surface area (Å²) in [5, 5.41) is 10.6. The number of carbonyl (C=O) groups is 1. The number of hydrogen-bond donors (Lipinski definition) is 2. The zero-order valence-electron chi connectivity index (χ0n) is 12.3. The van der Waals surface area contributed by atoms with Gasteiger partial charge in [-0.1, -0.05) is 29.8 Å². The molecule has 0 fully saturated rings. The van der Waals surface area contributed by atoms with E-state index in [0.29, 0.717) is 11.1 Å². The molecular weight excluding hydrogens is 358 g/mol. The molecule has 126 valence electrons. The highest BCUT2D eigenvalue weighted by Crippen LogP contribution is 2.26. The summed E-state index contributed by atoms with van der Waals surface area (Å²) in [5.41, 5.74) is 2.47. The predicted octanol–water partition coefficient (Wildman–Crippen LogP) is 2.18. The molecule has 0 atom stereocenters. The number of nitrogens with one attached hydrogen (secondary N) is 2. The summed E-state index contributed by atoms with van der Waals surface area (Å²) in [6.45, 7) is 1.70. The summed E-state index contributed by atoms with van der Waals surface area (Å²) >= 11 is 5.64. The van der Waals surface area contributed by atoms with Crippen LogP contribution in [-0.4, -0.2) is 19.2 Å². The van der Waals surface area contributed by atoms with Gasteiger partial charge in [0.05, 0.1) is 9.82 Å². The van der Waals surface area contributed by atoms with Gasteiger partial charge in [0.2, 0.25) is 0 Å². The number of sulfonamides is 1. The van der Waals surface area contributed by atoms with Crippen molar-refractivity contribution in [2.75, 3.05) is 0 Å². The fourth-order valence-electron chi connectivity index (χ4n) is 1.87. The monoisotopic (exact) mass is 369 g/mol. The van der Waals surface area contributed by atoms with Crippen LogP contribution in [0, 0.1) is 17.0 Å². The van der Waals surface area contributed by atoms with E-state index in [-0.39, 0.29) is 5.02 Å². The molecule has 0 unspecified atom stereocenters. The quantitative estimate of drug-likeness (QED) is 0.618. The third kappa shape index (κ3) is 3.88. The van der Waals surface area contributed by atoms with Crippen LogP contribution >= 0.6 is 11.6 Å². The first-order valence-electron chi connectivity index (χ1n) is 6.54. The maximum Gasteiger partial charge on any atom is 0.289 e. The lowest BCUT2D eigenvalue weighted by Gasteiger charge is -2.10. The molecule has 0 bridgehead atoms. The molecule has 2 N–H and O–H groups in total. The number of hydrazine groups is 1. The Labute approximate surface area is 142 Å². The molecule has 2 rings (SSSR count). The first kappa shape index (κ1) is 17.9. The van der Waals surface area contributed by atoms with E-state index >= 15 is 0 Å². The first-order valence-corrected chi connectivity index (χ1v) is 8.40. The number of carbonyl (C=O) groups excluding carboxylic acids is 1. The topological polar surface area (TPSA) is 118 Å². The second-order valence-electron chi connectivity index (χ2n) is 4.74. The van der Waals surface area contributed by atoms with Crippen molar-refractivity contribution in [3.8, 4) is 0 Å². The highest BCUT2D eigenvalue weighted by Gasteiger charge is 2.21. The third-order valence-electron chi connectivity index (χ3n) is 3.11. The lowest BCUT2D eigenvalue weighted by atomic mass is 10.1. The van der Waals surface area contributed by atoms with Crippen LogP contribution in [0.4, 0.5) is 5.69 Å². The largest absolute Gasteiger partial charge is 0.289 e. The van der Waals surface area contributed by atoms with Crippen LogP contribution in [0.3, 0.4) is 0 Å². The summed E-state index contributed by atoms with van der Waals surface area (Å²) in [7, 11) is -4.19. The van der Waals surface area contributed by atoms with Crippen LogP contribution in [0.5, 0.6) is 0 Å². The molecule has 0 aromatic heterocycles. The van der Waals surface area contributed by atoms with Crippen molar-refractivity contribution in [3.63, 3.8) is 0 Å². The normalized spacial score (nSPS) is 11.1. The van der Waals surface area contributed by atoms with Crippen molar-refractivity contribution < 1.29 is 18.1 Å². The van der Waals surface area contributed by atoms with Crippen LogP contribution in [0.2, 0.25) is 5.02 Å². The van der Waals surface area contributed by atoms with Crippen LogP contribution < -0.4 is 10.3 Å². The lowest BCUT2D eigenvalue weighted by molar-refractivity contribution is -0.384. The number of halogens is 1. The Morgan fingerprint density at radius 3 is 2.50 bits per heavy atom. The maximum atomic E-state index is 12.1. The van der Waals surface area contributed by atoms with Gasteiger partial charge in [-0.05, 0) is 30.7 Å². The van der Waals surface area contributed by atoms with Gasteiger partial charge < -0.3 is 0 Å². The zero-order chi connectivity index (χ0) is 17.9. The summed E-state index contributed by atoms with van der Waals surface area (Å²) in [4.78, 5) is 23.5. The zero-order valence-corrected chi connectivity index (χ0v) is 13.9. The molecule has 2 aromatic rings. The van der Waals surface area contributed by atoms with E-state index in [4.69, 9.17) is 11.6 Å². The van der Waals surface area contributed by atoms with E-state index in [0.717, 1.165) is 18.2 Å². The molecule has 0 saturated carbocycles. The molecule has 0 aliphatic carbocycles. The van der Waals surface area contributed by atoms with Crippen molar-refractivity contribution in [2.24, 2.45) is 0 Å². The average Bonchev–Trinajstić information content (AvgIpc) is 2.53. The number of benzene rings is 2. The van der Waals surface area contributed by atoms with Crippen molar-refractivity contribution in [2.45, 2.75) is 11.8 Å². The molecule has 1 amide bonds. The van der Waals surface area contributed by atoms with Gasteiger partial charge >= 0.3 is 0 Å². The highest BCUT2D eigenvalue weighted by molar-refractivity contribution is 7.89. The van der Waals surface area contributed by atoms with Gasteiger partial charge in [0.15, 0.2) is 0 Å². The van der Waals surface area contributed by atoms with Crippen molar-refractivity contribution in [1.82, 2.24) is 10.3 Å². The van der Waals surface area contributed by atoms with Gasteiger partial charge in [-0.3, -0.25) is 20.3 Å². The van der Waals surface area contributed by atoms with Crippen molar-refractivity contribution in [1.29, 1.82) is 0 Å². The smallest absolute Gasteiger partial charge is 0.273 e. The van der Waals surface area contributed by atoms with Gasteiger partial charge in [-0.25, -0.2) is 8.42 Å². The molecule has 0 spiro atoms. The van der Waals surface area contributed by atoms with Crippen LogP contribution in [-0.2, 0) is 10.0 Å². The van der Waals surface area contributed by atoms with Crippen molar-refractivity contribution >= 4 is 33.2 Å². The number of nitrogens with zero attached hydrogens (tertiary/aromatic N) is 1. The Balaban J connectivity index is 2.20. The number of amides is 1. The Morgan fingerprint density at radius 2 is 1.88 bits per heavy atom. The Kier molecular flexibility index (Phi) is 5.17. The van der Waals surface area contributed by atoms with E-state index in [1.54, 1.807) is 25.1 Å². The highest BCUT2D eigenvalue weighted by atomic mass is 35.5. The molecule has 10 heteroatoms. The minimum Gasteiger partial charge on any atom is -0.273 e. The molecule has 8 nitrogen and oxygen atoms in total. The predicted molar refractivity (Wildman–Crippen MR) is 87.1 cm³/mol. The number of nitro groups is 1. The standard InChI is InChI=1S/C14H12ClN3O5S/c1-9-4-2-3-5-11(9)14(19)16-17-24(22,23)10-6-7-12(15)13(8-10)18(20)21/h2-8,17H,1H3,(H,16,19). The molecule has 24 heavy (non-hydrogen) atoms. The van der Waals surface area contributed by atoms with E-state index in [2.05, 4.69) is 5.43 Å². The Morgan fingerprint density at radius 1 is 1.21 bits per heavy atom. The van der Waals surface area contributed by atoms with Crippen LogP contribution in [0.15, 0.2) is 47.4 Å². The Bertz CT molecular complexity index is 914. The minimum absolute atomic E-state index is 0.192. The molecular formula is C14H12ClN3O5S. The van der Waals surface area contributed by atoms with E-state index in [9.17, 15) is 23.3 Å². The van der Waals surface area contributed by atoms with Gasteiger partial charge in [-0.15, -0.1) is 4.83 Å². The van der Waals surface area contributed by atoms with Crippen LogP contribution in [0.25, 0.3) is 0 Å². The van der Waals surface area contributed by atoms with Gasteiger partial charge in [-0.2, -0.15) is 0 Å². The average molecular weight is 370 g/mol. The molecule has 2 aromatic carbocycles. The lowest BCUT2D eigenvalue weighted by Crippen LogP contribution is -2.41. The fraction of sp³-hybridized carbons (Fsp3) is 0.0714. The molecule has 0 aliphatic heterocycles. The van der Waals surface area contributed by atoms with E-state index in [1.165, 1.54) is 6.07 Å². The summed E-state index contributed by atoms with van der Waals surface area (Å²) in [5.74, 6) is -0.653. The molecule has 0 heterocycles. The summed E-state index contributed by atoms with van der Waals surface area (Å²) < 4.78 is 24.3. The Hall–Kier alpha value is -2.49. The summed E-state index contributed by atoms with van der Waals surface area (Å²) in [6, 6.07) is 9.61.